The maximum atomic E-state index is 9.34. The third-order valence-electron chi connectivity index (χ3n) is 3.42. The lowest BCUT2D eigenvalue weighted by Gasteiger charge is -2.21. The third-order valence-corrected chi connectivity index (χ3v) is 4.34. The van der Waals surface area contributed by atoms with E-state index in [-0.39, 0.29) is 6.10 Å². The van der Waals surface area contributed by atoms with Crippen molar-refractivity contribution in [1.82, 2.24) is 9.88 Å². The van der Waals surface area contributed by atoms with Crippen LogP contribution < -0.4 is 0 Å². The quantitative estimate of drug-likeness (QED) is 0.874. The lowest BCUT2D eigenvalue weighted by atomic mass is 10.1. The van der Waals surface area contributed by atoms with Gasteiger partial charge in [-0.05, 0) is 32.9 Å². The molecule has 0 aliphatic carbocycles. The second-order valence-corrected chi connectivity index (χ2v) is 5.86. The van der Waals surface area contributed by atoms with Crippen molar-refractivity contribution in [2.45, 2.75) is 51.7 Å². The zero-order chi connectivity index (χ0) is 12.3. The Bertz CT molecular complexity index is 351. The molecule has 3 nitrogen and oxygen atoms in total. The maximum Gasteiger partial charge on any atom is 0.0943 e. The summed E-state index contributed by atoms with van der Waals surface area (Å²) >= 11 is 1.74. The average Bonchev–Trinajstić information content (AvgIpc) is 2.87. The second-order valence-electron chi connectivity index (χ2n) is 4.91. The number of aliphatic hydroxyl groups is 1. The van der Waals surface area contributed by atoms with Crippen LogP contribution in [0.15, 0.2) is 5.38 Å². The van der Waals surface area contributed by atoms with Crippen LogP contribution in [0.4, 0.5) is 0 Å². The van der Waals surface area contributed by atoms with Crippen molar-refractivity contribution in [1.29, 1.82) is 0 Å². The molecule has 1 aromatic heterocycles. The van der Waals surface area contributed by atoms with E-state index in [0.717, 1.165) is 18.7 Å². The topological polar surface area (TPSA) is 36.4 Å². The van der Waals surface area contributed by atoms with E-state index >= 15 is 0 Å². The van der Waals surface area contributed by atoms with Crippen LogP contribution in [0, 0.1) is 0 Å². The van der Waals surface area contributed by atoms with Crippen molar-refractivity contribution in [2.75, 3.05) is 13.1 Å². The fraction of sp³-hybridized carbons (Fsp3) is 0.769. The molecule has 1 aliphatic rings. The normalized spacial score (nSPS) is 23.1. The van der Waals surface area contributed by atoms with Gasteiger partial charge in [-0.2, -0.15) is 0 Å². The zero-order valence-corrected chi connectivity index (χ0v) is 11.5. The number of aliphatic hydroxyl groups excluding tert-OH is 1. The Morgan fingerprint density at radius 2 is 2.47 bits per heavy atom. The van der Waals surface area contributed by atoms with E-state index in [9.17, 15) is 5.11 Å². The Balaban J connectivity index is 1.92. The minimum Gasteiger partial charge on any atom is -0.393 e. The summed E-state index contributed by atoms with van der Waals surface area (Å²) in [6, 6.07) is 0.686. The van der Waals surface area contributed by atoms with Crippen LogP contribution in [0.1, 0.15) is 37.4 Å². The van der Waals surface area contributed by atoms with E-state index in [4.69, 9.17) is 0 Å². The molecule has 2 heterocycles. The standard InChI is InChI=1S/C13H22N2OS/c1-3-15-6-4-5-12(15)8-13-14-11(9-17-13)7-10(2)16/h9-10,12,16H,3-8H2,1-2H3. The van der Waals surface area contributed by atoms with E-state index in [1.807, 2.05) is 6.92 Å². The van der Waals surface area contributed by atoms with Crippen molar-refractivity contribution in [3.05, 3.63) is 16.1 Å². The van der Waals surface area contributed by atoms with Gasteiger partial charge in [-0.1, -0.05) is 6.92 Å². The van der Waals surface area contributed by atoms with E-state index in [1.165, 1.54) is 24.4 Å². The summed E-state index contributed by atoms with van der Waals surface area (Å²) in [5.74, 6) is 0. The van der Waals surface area contributed by atoms with Gasteiger partial charge < -0.3 is 10.0 Å². The van der Waals surface area contributed by atoms with Crippen LogP contribution >= 0.6 is 11.3 Å². The molecule has 17 heavy (non-hydrogen) atoms. The van der Waals surface area contributed by atoms with Gasteiger partial charge in [0.05, 0.1) is 16.8 Å². The van der Waals surface area contributed by atoms with Crippen molar-refractivity contribution in [2.24, 2.45) is 0 Å². The van der Waals surface area contributed by atoms with Gasteiger partial charge in [0.1, 0.15) is 0 Å². The predicted molar refractivity (Wildman–Crippen MR) is 71.5 cm³/mol. The van der Waals surface area contributed by atoms with E-state index in [1.54, 1.807) is 11.3 Å². The molecular weight excluding hydrogens is 232 g/mol. The first kappa shape index (κ1) is 13.0. The average molecular weight is 254 g/mol. The molecule has 2 unspecified atom stereocenters. The monoisotopic (exact) mass is 254 g/mol. The Labute approximate surface area is 107 Å². The first-order valence-corrected chi connectivity index (χ1v) is 7.42. The maximum absolute atomic E-state index is 9.34. The summed E-state index contributed by atoms with van der Waals surface area (Å²) < 4.78 is 0. The molecule has 0 saturated carbocycles. The van der Waals surface area contributed by atoms with Crippen LogP contribution in [0.2, 0.25) is 0 Å². The first-order chi connectivity index (χ1) is 8.19. The summed E-state index contributed by atoms with van der Waals surface area (Å²) in [7, 11) is 0. The first-order valence-electron chi connectivity index (χ1n) is 6.54. The highest BCUT2D eigenvalue weighted by Gasteiger charge is 2.24. The van der Waals surface area contributed by atoms with Crippen LogP contribution in [0.3, 0.4) is 0 Å². The molecule has 0 bridgehead atoms. The molecule has 0 spiro atoms. The summed E-state index contributed by atoms with van der Waals surface area (Å²) in [6.45, 7) is 6.44. The molecule has 0 aromatic carbocycles. The predicted octanol–water partition coefficient (Wildman–Crippen LogP) is 2.09. The molecule has 1 aliphatic heterocycles. The smallest absolute Gasteiger partial charge is 0.0943 e. The molecule has 4 heteroatoms. The van der Waals surface area contributed by atoms with Gasteiger partial charge in [-0.15, -0.1) is 11.3 Å². The van der Waals surface area contributed by atoms with Crippen LogP contribution in [0.25, 0.3) is 0 Å². The summed E-state index contributed by atoms with van der Waals surface area (Å²) in [5.41, 5.74) is 1.04. The molecule has 0 amide bonds. The molecule has 1 saturated heterocycles. The number of thiazole rings is 1. The van der Waals surface area contributed by atoms with Crippen molar-refractivity contribution >= 4 is 11.3 Å². The van der Waals surface area contributed by atoms with E-state index < -0.39 is 0 Å². The molecule has 2 rings (SSSR count). The van der Waals surface area contributed by atoms with E-state index in [0.29, 0.717) is 12.5 Å². The number of nitrogens with zero attached hydrogens (tertiary/aromatic N) is 2. The highest BCUT2D eigenvalue weighted by atomic mass is 32.1. The third kappa shape index (κ3) is 3.50. The van der Waals surface area contributed by atoms with Crippen molar-refractivity contribution in [3.8, 4) is 0 Å². The van der Waals surface area contributed by atoms with Gasteiger partial charge in [0.15, 0.2) is 0 Å². The minimum absolute atomic E-state index is 0.288. The molecular formula is C13H22N2OS. The van der Waals surface area contributed by atoms with Crippen LogP contribution in [-0.2, 0) is 12.8 Å². The molecule has 1 aromatic rings. The Kier molecular flexibility index (Phi) is 4.54. The van der Waals surface area contributed by atoms with Crippen molar-refractivity contribution in [3.63, 3.8) is 0 Å². The molecule has 0 radical (unpaired) electrons. The van der Waals surface area contributed by atoms with Crippen LogP contribution in [-0.4, -0.2) is 40.2 Å². The number of hydrogen-bond acceptors (Lipinski definition) is 4. The lowest BCUT2D eigenvalue weighted by Crippen LogP contribution is -2.30. The Hall–Kier alpha value is -0.450. The van der Waals surface area contributed by atoms with Gasteiger partial charge in [-0.3, -0.25) is 0 Å². The summed E-state index contributed by atoms with van der Waals surface area (Å²) in [6.07, 6.45) is 4.10. The van der Waals surface area contributed by atoms with Gasteiger partial charge in [0.25, 0.3) is 0 Å². The summed E-state index contributed by atoms with van der Waals surface area (Å²) in [5, 5.41) is 12.7. The van der Waals surface area contributed by atoms with Gasteiger partial charge in [-0.25, -0.2) is 4.98 Å². The number of rotatable bonds is 5. The Morgan fingerprint density at radius 1 is 1.65 bits per heavy atom. The lowest BCUT2D eigenvalue weighted by molar-refractivity contribution is 0.194. The highest BCUT2D eigenvalue weighted by Crippen LogP contribution is 2.22. The molecule has 2 atom stereocenters. The van der Waals surface area contributed by atoms with Crippen LogP contribution in [0.5, 0.6) is 0 Å². The van der Waals surface area contributed by atoms with Crippen molar-refractivity contribution < 1.29 is 5.11 Å². The number of likely N-dealkylation sites (N-methyl/N-ethyl adjacent to an activating group) is 1. The highest BCUT2D eigenvalue weighted by molar-refractivity contribution is 7.09. The van der Waals surface area contributed by atoms with Gasteiger partial charge >= 0.3 is 0 Å². The number of likely N-dealkylation sites (tertiary alicyclic amines) is 1. The largest absolute Gasteiger partial charge is 0.393 e. The Morgan fingerprint density at radius 3 is 3.18 bits per heavy atom. The molecule has 1 N–H and O–H groups in total. The SMILES string of the molecule is CCN1CCCC1Cc1nc(CC(C)O)cs1. The minimum atomic E-state index is -0.288. The molecule has 96 valence electrons. The second kappa shape index (κ2) is 5.94. The fourth-order valence-corrected chi connectivity index (χ4v) is 3.46. The summed E-state index contributed by atoms with van der Waals surface area (Å²) in [4.78, 5) is 7.17. The van der Waals surface area contributed by atoms with Gasteiger partial charge in [0, 0.05) is 24.3 Å². The fourth-order valence-electron chi connectivity index (χ4n) is 2.58. The molecule has 1 fully saturated rings. The van der Waals surface area contributed by atoms with Gasteiger partial charge in [0.2, 0.25) is 0 Å². The number of aromatic nitrogens is 1. The number of hydrogen-bond donors (Lipinski definition) is 1. The zero-order valence-electron chi connectivity index (χ0n) is 10.7. The van der Waals surface area contributed by atoms with E-state index in [2.05, 4.69) is 22.2 Å².